The molecule has 1 rings (SSSR count). The summed E-state index contributed by atoms with van der Waals surface area (Å²) in [5.74, 6) is -3.55. The molecule has 1 unspecified atom stereocenters. The molecular formula is C13H17F2N3O2. The summed E-state index contributed by atoms with van der Waals surface area (Å²) < 4.78 is 27.0. The van der Waals surface area contributed by atoms with E-state index in [0.29, 0.717) is 0 Å². The van der Waals surface area contributed by atoms with Gasteiger partial charge in [-0.2, -0.15) is 0 Å². The fourth-order valence-electron chi connectivity index (χ4n) is 1.79. The third-order valence-electron chi connectivity index (χ3n) is 2.89. The van der Waals surface area contributed by atoms with Crippen molar-refractivity contribution in [1.29, 1.82) is 0 Å². The quantitative estimate of drug-likeness (QED) is 0.343. The summed E-state index contributed by atoms with van der Waals surface area (Å²) in [5.41, 5.74) is 5.29. The number of rotatable bonds is 4. The van der Waals surface area contributed by atoms with Gasteiger partial charge in [0, 0.05) is 6.07 Å². The molecule has 7 heteroatoms. The predicted molar refractivity (Wildman–Crippen MR) is 71.5 cm³/mol. The van der Waals surface area contributed by atoms with Gasteiger partial charge in [-0.05, 0) is 24.5 Å². The number of anilines is 1. The van der Waals surface area contributed by atoms with E-state index >= 15 is 0 Å². The van der Waals surface area contributed by atoms with Crippen LogP contribution in [0, 0.1) is 30.4 Å². The predicted octanol–water partition coefficient (Wildman–Crippen LogP) is 2.23. The first kappa shape index (κ1) is 15.9. The summed E-state index contributed by atoms with van der Waals surface area (Å²) in [6.45, 7) is 4.79. The Kier molecular flexibility index (Phi) is 5.01. The van der Waals surface area contributed by atoms with Gasteiger partial charge < -0.3 is 16.3 Å². The average Bonchev–Trinajstić information content (AvgIpc) is 2.35. The van der Waals surface area contributed by atoms with E-state index < -0.39 is 23.5 Å². The van der Waals surface area contributed by atoms with Crippen LogP contribution in [0.15, 0.2) is 17.3 Å². The van der Waals surface area contributed by atoms with Crippen LogP contribution < -0.4 is 11.1 Å². The van der Waals surface area contributed by atoms with Crippen LogP contribution in [0.4, 0.5) is 14.5 Å². The van der Waals surface area contributed by atoms with E-state index in [4.69, 9.17) is 10.9 Å². The van der Waals surface area contributed by atoms with Crippen LogP contribution in [-0.2, 0) is 4.79 Å². The third-order valence-corrected chi connectivity index (χ3v) is 2.89. The Bertz CT molecular complexity index is 545. The van der Waals surface area contributed by atoms with Crippen LogP contribution in [0.2, 0.25) is 0 Å². The highest BCUT2D eigenvalue weighted by atomic mass is 19.1. The van der Waals surface area contributed by atoms with E-state index in [1.807, 2.05) is 0 Å². The van der Waals surface area contributed by atoms with E-state index in [-0.39, 0.29) is 23.0 Å². The first-order valence-corrected chi connectivity index (χ1v) is 6.01. The van der Waals surface area contributed by atoms with Crippen LogP contribution in [-0.4, -0.2) is 17.0 Å². The number of hydrogen-bond donors (Lipinski definition) is 3. The lowest BCUT2D eigenvalue weighted by molar-refractivity contribution is -0.119. The Morgan fingerprint density at radius 1 is 1.35 bits per heavy atom. The van der Waals surface area contributed by atoms with Crippen LogP contribution >= 0.6 is 0 Å². The van der Waals surface area contributed by atoms with Crippen LogP contribution in [0.25, 0.3) is 0 Å². The maximum atomic E-state index is 13.6. The van der Waals surface area contributed by atoms with Gasteiger partial charge in [-0.25, -0.2) is 8.78 Å². The Morgan fingerprint density at radius 2 is 1.95 bits per heavy atom. The smallest absolute Gasteiger partial charge is 0.235 e. The second kappa shape index (κ2) is 6.31. The number of oxime groups is 1. The van der Waals surface area contributed by atoms with E-state index in [0.717, 1.165) is 12.1 Å². The molecule has 0 spiro atoms. The van der Waals surface area contributed by atoms with Gasteiger partial charge in [0.1, 0.15) is 17.6 Å². The SMILES string of the molecule is Cc1cc(F)c(NC(=O)C(/C(N)=N/O)C(C)C)cc1F. The van der Waals surface area contributed by atoms with Gasteiger partial charge in [-0.1, -0.05) is 19.0 Å². The minimum Gasteiger partial charge on any atom is -0.409 e. The third kappa shape index (κ3) is 3.43. The van der Waals surface area contributed by atoms with Crippen molar-refractivity contribution in [2.75, 3.05) is 5.32 Å². The number of nitrogens with two attached hydrogens (primary N) is 1. The first-order valence-electron chi connectivity index (χ1n) is 6.01. The zero-order valence-electron chi connectivity index (χ0n) is 11.4. The summed E-state index contributed by atoms with van der Waals surface area (Å²) >= 11 is 0. The molecule has 1 atom stereocenters. The lowest BCUT2D eigenvalue weighted by atomic mass is 9.93. The number of benzene rings is 1. The number of amides is 1. The fourth-order valence-corrected chi connectivity index (χ4v) is 1.79. The lowest BCUT2D eigenvalue weighted by Gasteiger charge is -2.19. The number of carbonyl (C=O) groups excluding carboxylic acids is 1. The molecule has 1 aromatic carbocycles. The van der Waals surface area contributed by atoms with Crippen molar-refractivity contribution in [3.63, 3.8) is 0 Å². The summed E-state index contributed by atoms with van der Waals surface area (Å²) in [4.78, 5) is 12.0. The van der Waals surface area contributed by atoms with Gasteiger partial charge in [-0.15, -0.1) is 0 Å². The van der Waals surface area contributed by atoms with Crippen molar-refractivity contribution in [2.24, 2.45) is 22.7 Å². The minimum atomic E-state index is -0.941. The number of aryl methyl sites for hydroxylation is 1. The molecule has 0 bridgehead atoms. The topological polar surface area (TPSA) is 87.7 Å². The second-order valence-corrected chi connectivity index (χ2v) is 4.82. The molecule has 0 aliphatic heterocycles. The van der Waals surface area contributed by atoms with E-state index in [9.17, 15) is 13.6 Å². The van der Waals surface area contributed by atoms with Crippen molar-refractivity contribution < 1.29 is 18.8 Å². The van der Waals surface area contributed by atoms with Gasteiger partial charge >= 0.3 is 0 Å². The van der Waals surface area contributed by atoms with Crippen LogP contribution in [0.5, 0.6) is 0 Å². The summed E-state index contributed by atoms with van der Waals surface area (Å²) in [6.07, 6.45) is 0. The fraction of sp³-hybridized carbons (Fsp3) is 0.385. The molecule has 0 heterocycles. The maximum Gasteiger partial charge on any atom is 0.235 e. The molecule has 0 aliphatic carbocycles. The number of nitrogens with zero attached hydrogens (tertiary/aromatic N) is 1. The van der Waals surface area contributed by atoms with Gasteiger partial charge in [0.2, 0.25) is 5.91 Å². The largest absolute Gasteiger partial charge is 0.409 e. The molecule has 0 saturated carbocycles. The van der Waals surface area contributed by atoms with Gasteiger partial charge in [-0.3, -0.25) is 4.79 Å². The van der Waals surface area contributed by atoms with Crippen molar-refractivity contribution in [1.82, 2.24) is 0 Å². The molecule has 110 valence electrons. The highest BCUT2D eigenvalue weighted by molar-refractivity contribution is 6.08. The molecule has 5 nitrogen and oxygen atoms in total. The monoisotopic (exact) mass is 285 g/mol. The molecule has 1 amide bonds. The molecule has 0 aromatic heterocycles. The number of nitrogens with one attached hydrogen (secondary N) is 1. The van der Waals surface area contributed by atoms with Crippen LogP contribution in [0.3, 0.4) is 0 Å². The normalized spacial score (nSPS) is 13.4. The Labute approximate surface area is 115 Å². The maximum absolute atomic E-state index is 13.6. The Hall–Kier alpha value is -2.18. The Balaban J connectivity index is 3.03. The van der Waals surface area contributed by atoms with E-state index in [2.05, 4.69) is 10.5 Å². The highest BCUT2D eigenvalue weighted by Gasteiger charge is 2.27. The van der Waals surface area contributed by atoms with E-state index in [1.165, 1.54) is 6.92 Å². The summed E-state index contributed by atoms with van der Waals surface area (Å²) in [5, 5.41) is 13.7. The van der Waals surface area contributed by atoms with Crippen molar-refractivity contribution in [2.45, 2.75) is 20.8 Å². The molecule has 4 N–H and O–H groups in total. The number of carbonyl (C=O) groups is 1. The van der Waals surface area contributed by atoms with Crippen molar-refractivity contribution in [3.8, 4) is 0 Å². The standard InChI is InChI=1S/C13H17F2N3O2/c1-6(2)11(12(16)18-20)13(19)17-10-5-8(14)7(3)4-9(10)15/h4-6,11,20H,1-3H3,(H2,16,18)(H,17,19). The molecule has 0 radical (unpaired) electrons. The van der Waals surface area contributed by atoms with Crippen molar-refractivity contribution in [3.05, 3.63) is 29.3 Å². The Morgan fingerprint density at radius 3 is 2.45 bits per heavy atom. The van der Waals surface area contributed by atoms with Gasteiger partial charge in [0.25, 0.3) is 0 Å². The molecule has 0 aliphatic rings. The minimum absolute atomic E-state index is 0.136. The van der Waals surface area contributed by atoms with Gasteiger partial charge in [0.05, 0.1) is 5.69 Å². The van der Waals surface area contributed by atoms with E-state index in [1.54, 1.807) is 13.8 Å². The molecular weight excluding hydrogens is 268 g/mol. The zero-order valence-corrected chi connectivity index (χ0v) is 11.4. The number of halogens is 2. The molecule has 1 aromatic rings. The number of amidine groups is 1. The van der Waals surface area contributed by atoms with Crippen molar-refractivity contribution >= 4 is 17.4 Å². The second-order valence-electron chi connectivity index (χ2n) is 4.82. The summed E-state index contributed by atoms with van der Waals surface area (Å²) in [6, 6.07) is 1.88. The average molecular weight is 285 g/mol. The highest BCUT2D eigenvalue weighted by Crippen LogP contribution is 2.21. The molecule has 0 saturated heterocycles. The zero-order chi connectivity index (χ0) is 15.4. The molecule has 0 fully saturated rings. The summed E-state index contributed by atoms with van der Waals surface area (Å²) in [7, 11) is 0. The van der Waals surface area contributed by atoms with Crippen LogP contribution in [0.1, 0.15) is 19.4 Å². The van der Waals surface area contributed by atoms with Gasteiger partial charge in [0.15, 0.2) is 5.84 Å². The number of hydrogen-bond acceptors (Lipinski definition) is 3. The lowest BCUT2D eigenvalue weighted by Crippen LogP contribution is -2.38. The first-order chi connectivity index (χ1) is 9.27. The molecule has 20 heavy (non-hydrogen) atoms.